The van der Waals surface area contributed by atoms with Gasteiger partial charge in [0.25, 0.3) is 0 Å². The Hall–Kier alpha value is -1.59. The molecule has 0 saturated carbocycles. The molecular formula is C13H17N3O2. The highest BCUT2D eigenvalue weighted by Crippen LogP contribution is 2.19. The van der Waals surface area contributed by atoms with Gasteiger partial charge in [-0.2, -0.15) is 0 Å². The number of ether oxygens (including phenoxy) is 1. The van der Waals surface area contributed by atoms with E-state index < -0.39 is 0 Å². The second kappa shape index (κ2) is 4.59. The monoisotopic (exact) mass is 247 g/mol. The fraction of sp³-hybridized carbons (Fsp3) is 0.462. The predicted molar refractivity (Wildman–Crippen MR) is 68.9 cm³/mol. The van der Waals surface area contributed by atoms with Crippen molar-refractivity contribution < 1.29 is 9.84 Å². The highest BCUT2D eigenvalue weighted by atomic mass is 16.5. The molecule has 5 nitrogen and oxygen atoms in total. The molecule has 0 spiro atoms. The van der Waals surface area contributed by atoms with Gasteiger partial charge < -0.3 is 19.1 Å². The molecule has 1 saturated heterocycles. The average Bonchev–Trinajstić information content (AvgIpc) is 2.76. The molecule has 1 N–H and O–H groups in total. The zero-order valence-corrected chi connectivity index (χ0v) is 10.5. The van der Waals surface area contributed by atoms with Crippen molar-refractivity contribution in [3.8, 4) is 0 Å². The van der Waals surface area contributed by atoms with E-state index in [4.69, 9.17) is 4.74 Å². The Morgan fingerprint density at radius 2 is 2.11 bits per heavy atom. The summed E-state index contributed by atoms with van der Waals surface area (Å²) >= 11 is 0. The maximum Gasteiger partial charge on any atom is 0.137 e. The maximum atomic E-state index is 9.23. The van der Waals surface area contributed by atoms with Crippen LogP contribution < -0.4 is 4.90 Å². The summed E-state index contributed by atoms with van der Waals surface area (Å²) in [6, 6.07) is 4.07. The van der Waals surface area contributed by atoms with Gasteiger partial charge in [-0.15, -0.1) is 0 Å². The molecule has 0 radical (unpaired) electrons. The van der Waals surface area contributed by atoms with E-state index in [0.29, 0.717) is 0 Å². The lowest BCUT2D eigenvalue weighted by atomic mass is 10.3. The second-order valence-corrected chi connectivity index (χ2v) is 4.52. The molecule has 96 valence electrons. The Balaban J connectivity index is 2.01. The summed E-state index contributed by atoms with van der Waals surface area (Å²) in [6.45, 7) is 5.37. The number of pyridine rings is 1. The Kier molecular flexibility index (Phi) is 2.93. The maximum absolute atomic E-state index is 9.23. The highest BCUT2D eigenvalue weighted by molar-refractivity contribution is 5.54. The van der Waals surface area contributed by atoms with Crippen LogP contribution in [0.2, 0.25) is 0 Å². The van der Waals surface area contributed by atoms with Crippen LogP contribution in [0.25, 0.3) is 5.65 Å². The number of anilines is 1. The number of fused-ring (bicyclic) bond motifs is 1. The van der Waals surface area contributed by atoms with Crippen LogP contribution in [-0.2, 0) is 11.3 Å². The number of hydrogen-bond acceptors (Lipinski definition) is 4. The van der Waals surface area contributed by atoms with Crippen molar-refractivity contribution in [2.24, 2.45) is 0 Å². The van der Waals surface area contributed by atoms with E-state index in [-0.39, 0.29) is 6.61 Å². The first-order chi connectivity index (χ1) is 8.79. The van der Waals surface area contributed by atoms with E-state index in [0.717, 1.165) is 43.3 Å². The zero-order chi connectivity index (χ0) is 12.5. The minimum Gasteiger partial charge on any atom is -0.390 e. The lowest BCUT2D eigenvalue weighted by Crippen LogP contribution is -2.36. The number of aliphatic hydroxyl groups excluding tert-OH is 1. The molecule has 18 heavy (non-hydrogen) atoms. The Labute approximate surface area is 106 Å². The number of imidazole rings is 1. The Morgan fingerprint density at radius 3 is 2.83 bits per heavy atom. The van der Waals surface area contributed by atoms with Crippen molar-refractivity contribution in [2.75, 3.05) is 31.2 Å². The van der Waals surface area contributed by atoms with Crippen molar-refractivity contribution in [2.45, 2.75) is 13.5 Å². The van der Waals surface area contributed by atoms with Gasteiger partial charge in [-0.25, -0.2) is 4.98 Å². The molecule has 2 aromatic rings. The van der Waals surface area contributed by atoms with Gasteiger partial charge in [-0.3, -0.25) is 0 Å². The van der Waals surface area contributed by atoms with Crippen LogP contribution in [0.4, 0.5) is 5.69 Å². The summed E-state index contributed by atoms with van der Waals surface area (Å²) in [4.78, 5) is 6.69. The summed E-state index contributed by atoms with van der Waals surface area (Å²) < 4.78 is 7.40. The zero-order valence-electron chi connectivity index (χ0n) is 10.5. The van der Waals surface area contributed by atoms with Crippen LogP contribution in [0.15, 0.2) is 18.3 Å². The van der Waals surface area contributed by atoms with E-state index in [1.54, 1.807) is 0 Å². The highest BCUT2D eigenvalue weighted by Gasteiger charge is 2.13. The van der Waals surface area contributed by atoms with Crippen LogP contribution in [0.1, 0.15) is 11.4 Å². The third-order valence-corrected chi connectivity index (χ3v) is 3.47. The number of morpholine rings is 1. The fourth-order valence-electron chi connectivity index (χ4n) is 2.36. The molecule has 1 aliphatic heterocycles. The minimum absolute atomic E-state index is 0.0135. The van der Waals surface area contributed by atoms with Gasteiger partial charge in [0.05, 0.1) is 31.2 Å². The van der Waals surface area contributed by atoms with Gasteiger partial charge in [0.2, 0.25) is 0 Å². The van der Waals surface area contributed by atoms with Crippen LogP contribution in [0, 0.1) is 6.92 Å². The first-order valence-corrected chi connectivity index (χ1v) is 6.21. The lowest BCUT2D eigenvalue weighted by molar-refractivity contribution is 0.122. The Bertz CT molecular complexity index is 559. The summed E-state index contributed by atoms with van der Waals surface area (Å²) in [7, 11) is 0. The molecule has 5 heteroatoms. The molecule has 0 aromatic carbocycles. The van der Waals surface area contributed by atoms with Gasteiger partial charge in [0.1, 0.15) is 5.65 Å². The standard InChI is InChI=1S/C13H17N3O2/c1-10-12(9-17)14-13-3-2-11(8-16(10)13)15-4-6-18-7-5-15/h2-3,8,17H,4-7,9H2,1H3. The average molecular weight is 247 g/mol. The molecule has 3 rings (SSSR count). The van der Waals surface area contributed by atoms with Gasteiger partial charge >= 0.3 is 0 Å². The number of aromatic nitrogens is 2. The van der Waals surface area contributed by atoms with Gasteiger partial charge in [0.15, 0.2) is 0 Å². The normalized spacial score (nSPS) is 16.4. The number of rotatable bonds is 2. The molecule has 3 heterocycles. The van der Waals surface area contributed by atoms with E-state index in [2.05, 4.69) is 22.1 Å². The van der Waals surface area contributed by atoms with E-state index in [9.17, 15) is 5.11 Å². The second-order valence-electron chi connectivity index (χ2n) is 4.52. The lowest BCUT2D eigenvalue weighted by Gasteiger charge is -2.28. The largest absolute Gasteiger partial charge is 0.390 e. The van der Waals surface area contributed by atoms with Crippen LogP contribution in [0.5, 0.6) is 0 Å². The van der Waals surface area contributed by atoms with Crippen molar-refractivity contribution in [1.82, 2.24) is 9.38 Å². The van der Waals surface area contributed by atoms with E-state index in [1.807, 2.05) is 17.4 Å². The molecule has 2 aromatic heterocycles. The molecule has 1 fully saturated rings. The number of nitrogens with zero attached hydrogens (tertiary/aromatic N) is 3. The first-order valence-electron chi connectivity index (χ1n) is 6.21. The van der Waals surface area contributed by atoms with Crippen molar-refractivity contribution in [3.63, 3.8) is 0 Å². The molecule has 0 amide bonds. The fourth-order valence-corrected chi connectivity index (χ4v) is 2.36. The first kappa shape index (κ1) is 11.5. The number of hydrogen-bond donors (Lipinski definition) is 1. The molecule has 1 aliphatic rings. The van der Waals surface area contributed by atoms with Gasteiger partial charge in [-0.05, 0) is 19.1 Å². The van der Waals surface area contributed by atoms with Gasteiger partial charge in [0, 0.05) is 25.0 Å². The predicted octanol–water partition coefficient (Wildman–Crippen LogP) is 0.972. The number of aliphatic hydroxyl groups is 1. The molecule has 0 aliphatic carbocycles. The van der Waals surface area contributed by atoms with Crippen LogP contribution in [-0.4, -0.2) is 40.8 Å². The summed E-state index contributed by atoms with van der Waals surface area (Å²) in [5.74, 6) is 0. The Morgan fingerprint density at radius 1 is 1.33 bits per heavy atom. The van der Waals surface area contributed by atoms with Crippen molar-refractivity contribution in [3.05, 3.63) is 29.7 Å². The van der Waals surface area contributed by atoms with E-state index in [1.165, 1.54) is 5.69 Å². The summed E-state index contributed by atoms with van der Waals surface area (Å²) in [6.07, 6.45) is 2.09. The SMILES string of the molecule is Cc1c(CO)nc2ccc(N3CCOCC3)cn12. The third-order valence-electron chi connectivity index (χ3n) is 3.47. The topological polar surface area (TPSA) is 50.0 Å². The van der Waals surface area contributed by atoms with Crippen molar-refractivity contribution in [1.29, 1.82) is 0 Å². The molecular weight excluding hydrogens is 230 g/mol. The van der Waals surface area contributed by atoms with E-state index >= 15 is 0 Å². The third kappa shape index (κ3) is 1.85. The minimum atomic E-state index is -0.0135. The molecule has 0 bridgehead atoms. The quantitative estimate of drug-likeness (QED) is 0.859. The summed E-state index contributed by atoms with van der Waals surface area (Å²) in [5, 5.41) is 9.23. The molecule has 0 atom stereocenters. The number of aryl methyl sites for hydroxylation is 1. The van der Waals surface area contributed by atoms with Gasteiger partial charge in [-0.1, -0.05) is 0 Å². The van der Waals surface area contributed by atoms with Crippen LogP contribution in [0.3, 0.4) is 0 Å². The molecule has 0 unspecified atom stereocenters. The smallest absolute Gasteiger partial charge is 0.137 e. The van der Waals surface area contributed by atoms with Crippen molar-refractivity contribution >= 4 is 11.3 Å². The van der Waals surface area contributed by atoms with Crippen LogP contribution >= 0.6 is 0 Å². The summed E-state index contributed by atoms with van der Waals surface area (Å²) in [5.41, 5.74) is 3.81.